The lowest BCUT2D eigenvalue weighted by atomic mass is 10.3. The third-order valence-corrected chi connectivity index (χ3v) is 5.74. The number of hydrogen-bond acceptors (Lipinski definition) is 6. The fourth-order valence-electron chi connectivity index (χ4n) is 2.55. The molecule has 5 nitrogen and oxygen atoms in total. The van der Waals surface area contributed by atoms with Gasteiger partial charge in [0.15, 0.2) is 4.96 Å². The van der Waals surface area contributed by atoms with Gasteiger partial charge in [-0.3, -0.25) is 14.0 Å². The lowest BCUT2D eigenvalue weighted by Crippen LogP contribution is -2.15. The number of esters is 1. The van der Waals surface area contributed by atoms with E-state index in [1.807, 2.05) is 54.6 Å². The molecule has 4 rings (SSSR count). The number of nitrogens with zero attached hydrogens (tertiary/aromatic N) is 2. The fourth-order valence-corrected chi connectivity index (χ4v) is 4.32. The molecule has 0 saturated heterocycles. The number of rotatable bonds is 5. The van der Waals surface area contributed by atoms with Crippen LogP contribution in [-0.2, 0) is 16.1 Å². The highest BCUT2D eigenvalue weighted by molar-refractivity contribution is 8.00. The maximum atomic E-state index is 12.4. The Bertz CT molecular complexity index is 1140. The van der Waals surface area contributed by atoms with Gasteiger partial charge in [-0.2, -0.15) is 0 Å². The Morgan fingerprint density at radius 2 is 1.88 bits per heavy atom. The van der Waals surface area contributed by atoms with Crippen molar-refractivity contribution >= 4 is 44.2 Å². The highest BCUT2D eigenvalue weighted by Crippen LogP contribution is 2.23. The topological polar surface area (TPSA) is 60.7 Å². The van der Waals surface area contributed by atoms with E-state index in [9.17, 15) is 9.59 Å². The second-order valence-electron chi connectivity index (χ2n) is 5.54. The maximum Gasteiger partial charge on any atom is 0.316 e. The Hall–Kier alpha value is -2.64. The number of carbonyl (C=O) groups excluding carboxylic acids is 1. The standard InChI is InChI=1S/C19H14N2O3S2/c22-17-10-13(11-24-18(23)12-25-14-6-2-1-3-7-14)20-19-21(17)15-8-4-5-9-16(15)26-19/h1-10H,11-12H2. The molecular formula is C19H14N2O3S2. The van der Waals surface area contributed by atoms with Gasteiger partial charge >= 0.3 is 5.97 Å². The number of benzene rings is 2. The van der Waals surface area contributed by atoms with E-state index in [0.717, 1.165) is 15.1 Å². The number of aromatic nitrogens is 2. The van der Waals surface area contributed by atoms with Gasteiger partial charge in [-0.25, -0.2) is 4.98 Å². The smallest absolute Gasteiger partial charge is 0.316 e. The van der Waals surface area contributed by atoms with Gasteiger partial charge in [-0.15, -0.1) is 11.8 Å². The predicted octanol–water partition coefficient (Wildman–Crippen LogP) is 3.74. The molecule has 2 aromatic heterocycles. The average Bonchev–Trinajstić information content (AvgIpc) is 3.04. The number of fused-ring (bicyclic) bond motifs is 3. The summed E-state index contributed by atoms with van der Waals surface area (Å²) in [5.41, 5.74) is 1.13. The molecule has 0 saturated carbocycles. The maximum absolute atomic E-state index is 12.4. The Labute approximate surface area is 157 Å². The van der Waals surface area contributed by atoms with E-state index in [1.54, 1.807) is 4.40 Å². The molecule has 4 aromatic rings. The van der Waals surface area contributed by atoms with Crippen LogP contribution in [0, 0.1) is 0 Å². The van der Waals surface area contributed by atoms with E-state index in [-0.39, 0.29) is 23.9 Å². The monoisotopic (exact) mass is 382 g/mol. The summed E-state index contributed by atoms with van der Waals surface area (Å²) in [5, 5.41) is 0. The molecule has 0 N–H and O–H groups in total. The van der Waals surface area contributed by atoms with Crippen LogP contribution in [0.15, 0.2) is 70.4 Å². The molecule has 7 heteroatoms. The molecule has 2 aromatic carbocycles. The second-order valence-corrected chi connectivity index (χ2v) is 7.59. The zero-order valence-electron chi connectivity index (χ0n) is 13.6. The number of hydrogen-bond donors (Lipinski definition) is 0. The van der Waals surface area contributed by atoms with Gasteiger partial charge in [-0.1, -0.05) is 41.7 Å². The highest BCUT2D eigenvalue weighted by Gasteiger charge is 2.11. The first kappa shape index (κ1) is 16.8. The van der Waals surface area contributed by atoms with Crippen molar-refractivity contribution < 1.29 is 9.53 Å². The number of thiazole rings is 1. The van der Waals surface area contributed by atoms with Gasteiger partial charge in [0.25, 0.3) is 5.56 Å². The van der Waals surface area contributed by atoms with Crippen LogP contribution in [0.25, 0.3) is 15.2 Å². The van der Waals surface area contributed by atoms with Crippen molar-refractivity contribution in [3.63, 3.8) is 0 Å². The third kappa shape index (κ3) is 3.49. The molecule has 2 heterocycles. The van der Waals surface area contributed by atoms with E-state index in [2.05, 4.69) is 4.98 Å². The highest BCUT2D eigenvalue weighted by atomic mass is 32.2. The first-order chi connectivity index (χ1) is 12.7. The Morgan fingerprint density at radius 3 is 2.73 bits per heavy atom. The van der Waals surface area contributed by atoms with Gasteiger partial charge in [0.1, 0.15) is 6.61 Å². The van der Waals surface area contributed by atoms with Crippen molar-refractivity contribution in [2.24, 2.45) is 0 Å². The van der Waals surface area contributed by atoms with Gasteiger partial charge < -0.3 is 4.74 Å². The number of para-hydroxylation sites is 1. The van der Waals surface area contributed by atoms with Gasteiger partial charge in [0.05, 0.1) is 21.7 Å². The first-order valence-corrected chi connectivity index (χ1v) is 9.74. The molecule has 0 aliphatic carbocycles. The quantitative estimate of drug-likeness (QED) is 0.389. The minimum Gasteiger partial charge on any atom is -0.459 e. The molecule has 26 heavy (non-hydrogen) atoms. The van der Waals surface area contributed by atoms with Crippen LogP contribution in [0.4, 0.5) is 0 Å². The molecule has 130 valence electrons. The third-order valence-electron chi connectivity index (χ3n) is 3.73. The SMILES string of the molecule is O=C(CSc1ccccc1)OCc1cc(=O)n2c(n1)sc1ccccc12. The van der Waals surface area contributed by atoms with Crippen molar-refractivity contribution in [3.05, 3.63) is 76.7 Å². The van der Waals surface area contributed by atoms with E-state index < -0.39 is 0 Å². The number of thioether (sulfide) groups is 1. The van der Waals surface area contributed by atoms with Gasteiger partial charge in [0, 0.05) is 11.0 Å². The summed E-state index contributed by atoms with van der Waals surface area (Å²) < 4.78 is 7.83. The van der Waals surface area contributed by atoms with Crippen LogP contribution in [0.1, 0.15) is 5.69 Å². The minimum absolute atomic E-state index is 0.00579. The lowest BCUT2D eigenvalue weighted by Gasteiger charge is -2.05. The molecule has 0 atom stereocenters. The molecule has 0 spiro atoms. The minimum atomic E-state index is -0.336. The van der Waals surface area contributed by atoms with E-state index in [4.69, 9.17) is 4.74 Å². The second kappa shape index (κ2) is 7.31. The Morgan fingerprint density at radius 1 is 1.12 bits per heavy atom. The summed E-state index contributed by atoms with van der Waals surface area (Å²) in [6.07, 6.45) is 0. The Balaban J connectivity index is 1.46. The molecule has 0 unspecified atom stereocenters. The molecular weight excluding hydrogens is 368 g/mol. The van der Waals surface area contributed by atoms with Crippen LogP contribution in [0.5, 0.6) is 0 Å². The van der Waals surface area contributed by atoms with E-state index in [0.29, 0.717) is 10.7 Å². The van der Waals surface area contributed by atoms with E-state index in [1.165, 1.54) is 29.2 Å². The van der Waals surface area contributed by atoms with Crippen LogP contribution in [0.3, 0.4) is 0 Å². The normalized spacial score (nSPS) is 11.1. The molecule has 0 aliphatic heterocycles. The van der Waals surface area contributed by atoms with Crippen molar-refractivity contribution in [1.29, 1.82) is 0 Å². The predicted molar refractivity (Wildman–Crippen MR) is 104 cm³/mol. The summed E-state index contributed by atoms with van der Waals surface area (Å²) in [7, 11) is 0. The molecule has 0 amide bonds. The average molecular weight is 382 g/mol. The van der Waals surface area contributed by atoms with Crippen molar-refractivity contribution in [1.82, 2.24) is 9.38 Å². The molecule has 0 bridgehead atoms. The molecule has 0 fully saturated rings. The number of ether oxygens (including phenoxy) is 1. The van der Waals surface area contributed by atoms with Crippen LogP contribution < -0.4 is 5.56 Å². The lowest BCUT2D eigenvalue weighted by molar-refractivity contribution is -0.141. The summed E-state index contributed by atoms with van der Waals surface area (Å²) in [6.45, 7) is -0.00579. The molecule has 0 aliphatic rings. The van der Waals surface area contributed by atoms with Crippen molar-refractivity contribution in [2.75, 3.05) is 5.75 Å². The largest absolute Gasteiger partial charge is 0.459 e. The van der Waals surface area contributed by atoms with Crippen LogP contribution in [-0.4, -0.2) is 21.1 Å². The number of carbonyl (C=O) groups is 1. The fraction of sp³-hybridized carbons (Fsp3) is 0.105. The summed E-state index contributed by atoms with van der Waals surface area (Å²) in [4.78, 5) is 30.4. The first-order valence-electron chi connectivity index (χ1n) is 7.94. The Kier molecular flexibility index (Phi) is 4.73. The zero-order chi connectivity index (χ0) is 17.9. The molecule has 0 radical (unpaired) electrons. The van der Waals surface area contributed by atoms with E-state index >= 15 is 0 Å². The van der Waals surface area contributed by atoms with Crippen LogP contribution >= 0.6 is 23.1 Å². The van der Waals surface area contributed by atoms with Crippen molar-refractivity contribution in [3.8, 4) is 0 Å². The van der Waals surface area contributed by atoms with Gasteiger partial charge in [0.2, 0.25) is 0 Å². The van der Waals surface area contributed by atoms with Crippen LogP contribution in [0.2, 0.25) is 0 Å². The zero-order valence-corrected chi connectivity index (χ0v) is 15.3. The van der Waals surface area contributed by atoms with Crippen molar-refractivity contribution in [2.45, 2.75) is 11.5 Å². The summed E-state index contributed by atoms with van der Waals surface area (Å²) >= 11 is 2.85. The van der Waals surface area contributed by atoms with Gasteiger partial charge in [-0.05, 0) is 24.3 Å². The summed E-state index contributed by atoms with van der Waals surface area (Å²) in [6, 6.07) is 18.7. The summed E-state index contributed by atoms with van der Waals surface area (Å²) in [5.74, 6) is -0.120.